The molecule has 0 bridgehead atoms. The average Bonchev–Trinajstić information content (AvgIpc) is 3.38. The van der Waals surface area contributed by atoms with E-state index in [0.717, 1.165) is 50.4 Å². The molecule has 208 valence electrons. The lowest BCUT2D eigenvalue weighted by Crippen LogP contribution is -2.38. The number of imide groups is 1. The number of aromatic nitrogens is 2. The molecule has 1 spiro atoms. The largest absolute Gasteiger partial charge is 0.492 e. The van der Waals surface area contributed by atoms with Crippen molar-refractivity contribution >= 4 is 39.6 Å². The molecule has 0 aliphatic carbocycles. The Kier molecular flexibility index (Phi) is 7.98. The van der Waals surface area contributed by atoms with E-state index in [1.165, 1.54) is 0 Å². The molecule has 3 aliphatic heterocycles. The van der Waals surface area contributed by atoms with Gasteiger partial charge in [0.2, 0.25) is 5.95 Å². The minimum atomic E-state index is -3.30. The number of ether oxygens (including phenoxy) is 1. The number of carbonyl (C=O) groups is 4. The zero-order chi connectivity index (χ0) is 27.4. The molecule has 3 aliphatic rings. The van der Waals surface area contributed by atoms with Crippen molar-refractivity contribution in [2.75, 3.05) is 37.7 Å². The molecule has 12 nitrogen and oxygen atoms in total. The van der Waals surface area contributed by atoms with Gasteiger partial charge in [-0.3, -0.25) is 10.1 Å². The van der Waals surface area contributed by atoms with Crippen molar-refractivity contribution in [2.24, 2.45) is 5.92 Å². The maximum absolute atomic E-state index is 12.3. The van der Waals surface area contributed by atoms with Crippen molar-refractivity contribution in [3.8, 4) is 5.75 Å². The maximum Gasteiger partial charge on any atom is 0.441 e. The zero-order valence-electron chi connectivity index (χ0n) is 21.6. The average molecular weight is 558 g/mol. The van der Waals surface area contributed by atoms with E-state index in [1.807, 2.05) is 12.4 Å². The Bertz CT molecular complexity index is 1220. The number of nitrogens with one attached hydrogen (secondary N) is 2. The van der Waals surface area contributed by atoms with Gasteiger partial charge in [-0.05, 0) is 65.6 Å². The summed E-state index contributed by atoms with van der Waals surface area (Å²) in [5, 5.41) is 3.63. The van der Waals surface area contributed by atoms with Crippen molar-refractivity contribution in [3.05, 3.63) is 47.8 Å². The molecule has 39 heavy (non-hydrogen) atoms. The van der Waals surface area contributed by atoms with Crippen LogP contribution in [0, 0.1) is 5.92 Å². The van der Waals surface area contributed by atoms with Gasteiger partial charge in [0.05, 0.1) is 0 Å². The van der Waals surface area contributed by atoms with E-state index in [2.05, 4.69) is 32.4 Å². The molecule has 3 saturated heterocycles. The van der Waals surface area contributed by atoms with Gasteiger partial charge in [-0.1, -0.05) is 19.1 Å². The summed E-state index contributed by atoms with van der Waals surface area (Å²) in [5.74, 6) is -1.07. The third-order valence-electron chi connectivity index (χ3n) is 7.04. The van der Waals surface area contributed by atoms with Gasteiger partial charge in [-0.2, -0.15) is 0 Å². The maximum atomic E-state index is 12.3. The zero-order valence-corrected chi connectivity index (χ0v) is 22.4. The summed E-state index contributed by atoms with van der Waals surface area (Å²) in [6, 6.07) is 7.06. The van der Waals surface area contributed by atoms with Crippen LogP contribution in [-0.2, 0) is 35.6 Å². The number of hydrogen-bond donors (Lipinski definition) is 2. The molecule has 0 radical (unpaired) electrons. The lowest BCUT2D eigenvalue weighted by atomic mass is 9.97. The first-order valence-corrected chi connectivity index (χ1v) is 14.5. The fraction of sp³-hybridized carbons (Fsp3) is 0.462. The number of aryl methyl sites for hydroxylation is 1. The second-order valence-electron chi connectivity index (χ2n) is 9.63. The van der Waals surface area contributed by atoms with Crippen LogP contribution in [0.4, 0.5) is 10.7 Å². The molecule has 3 fully saturated rings. The van der Waals surface area contributed by atoms with E-state index >= 15 is 0 Å². The van der Waals surface area contributed by atoms with Crippen molar-refractivity contribution in [3.63, 3.8) is 0 Å². The van der Waals surface area contributed by atoms with E-state index in [4.69, 9.17) is 13.1 Å². The van der Waals surface area contributed by atoms with Gasteiger partial charge in [0.15, 0.2) is 5.25 Å². The molecule has 1 aromatic heterocycles. The van der Waals surface area contributed by atoms with Gasteiger partial charge in [-0.15, -0.1) is 0 Å². The molecule has 1 atom stereocenters. The molecule has 2 aromatic rings. The predicted molar refractivity (Wildman–Crippen MR) is 142 cm³/mol. The van der Waals surface area contributed by atoms with Crippen molar-refractivity contribution in [1.82, 2.24) is 20.6 Å². The summed E-state index contributed by atoms with van der Waals surface area (Å²) in [7, 11) is -3.30. The number of anilines is 1. The number of nitrogens with zero attached hydrogens (tertiary/aromatic N) is 3. The van der Waals surface area contributed by atoms with Crippen LogP contribution in [0.15, 0.2) is 36.7 Å². The van der Waals surface area contributed by atoms with Gasteiger partial charge < -0.3 is 23.3 Å². The van der Waals surface area contributed by atoms with Crippen LogP contribution in [0.25, 0.3) is 0 Å². The van der Waals surface area contributed by atoms with Crippen LogP contribution in [0.2, 0.25) is 0 Å². The van der Waals surface area contributed by atoms with E-state index in [0.29, 0.717) is 30.4 Å². The van der Waals surface area contributed by atoms with Gasteiger partial charge in [0.1, 0.15) is 12.4 Å². The third kappa shape index (κ3) is 5.83. The van der Waals surface area contributed by atoms with Gasteiger partial charge in [0, 0.05) is 38.4 Å². The molecule has 13 heteroatoms. The number of amides is 2. The standard InChI is InChI=1S/C26H31N5O7S/c1-2-17-15-28-25(29-16-17)31-10-7-19(8-11-31)14-27-9-12-36-20-5-3-18(4-6-20)13-21-22(32)30-26(35)39(21)37-23(33)24(34)38-39/h3-6,15-16,19,21,27H,2,7-14H2,1H3,(H,30,32,35). The lowest BCUT2D eigenvalue weighted by molar-refractivity contribution is -0.150. The first-order chi connectivity index (χ1) is 18.9. The second kappa shape index (κ2) is 11.6. The Morgan fingerprint density at radius 2 is 1.69 bits per heavy atom. The molecule has 2 amide bonds. The highest BCUT2D eigenvalue weighted by atomic mass is 32.3. The monoisotopic (exact) mass is 557 g/mol. The van der Waals surface area contributed by atoms with Gasteiger partial charge >= 0.3 is 17.2 Å². The molecule has 4 heterocycles. The topological polar surface area (TPSA) is 149 Å². The molecule has 1 aromatic carbocycles. The first kappa shape index (κ1) is 26.9. The number of piperidine rings is 1. The predicted octanol–water partition coefficient (Wildman–Crippen LogP) is 1.82. The Labute approximate surface area is 227 Å². The summed E-state index contributed by atoms with van der Waals surface area (Å²) < 4.78 is 15.8. The van der Waals surface area contributed by atoms with Crippen LogP contribution in [0.5, 0.6) is 5.75 Å². The molecular formula is C26H31N5O7S. The van der Waals surface area contributed by atoms with E-state index in [-0.39, 0.29) is 6.42 Å². The minimum Gasteiger partial charge on any atom is -0.492 e. The Balaban J connectivity index is 1.02. The Morgan fingerprint density at radius 3 is 2.33 bits per heavy atom. The van der Waals surface area contributed by atoms with E-state index < -0.39 is 38.9 Å². The second-order valence-corrected chi connectivity index (χ2v) is 12.0. The minimum absolute atomic E-state index is 0.0737. The summed E-state index contributed by atoms with van der Waals surface area (Å²) in [5.41, 5.74) is 1.85. The summed E-state index contributed by atoms with van der Waals surface area (Å²) in [4.78, 5) is 58.9. The summed E-state index contributed by atoms with van der Waals surface area (Å²) in [6.07, 6.45) is 6.99. The van der Waals surface area contributed by atoms with Crippen LogP contribution < -0.4 is 20.3 Å². The van der Waals surface area contributed by atoms with Gasteiger partial charge in [0.25, 0.3) is 5.91 Å². The van der Waals surface area contributed by atoms with Crippen LogP contribution >= 0.6 is 10.6 Å². The molecular weight excluding hydrogens is 526 g/mol. The fourth-order valence-corrected chi connectivity index (χ4v) is 7.00. The molecule has 0 saturated carbocycles. The fourth-order valence-electron chi connectivity index (χ4n) is 4.74. The normalized spacial score (nSPS) is 21.6. The summed E-state index contributed by atoms with van der Waals surface area (Å²) in [6.45, 7) is 6.12. The number of rotatable bonds is 10. The Morgan fingerprint density at radius 1 is 1.03 bits per heavy atom. The number of carbonyl (C=O) groups excluding carboxylic acids is 4. The SMILES string of the molecule is CCc1cnc(N2CCC(CNCCOc3ccc(CC4C(=O)NC(=O)S45OC(=O)C(=O)O5)cc3)CC2)nc1. The van der Waals surface area contributed by atoms with Crippen molar-refractivity contribution in [1.29, 1.82) is 0 Å². The molecule has 1 unspecified atom stereocenters. The van der Waals surface area contributed by atoms with Crippen LogP contribution in [-0.4, -0.2) is 71.1 Å². The van der Waals surface area contributed by atoms with Crippen LogP contribution in [0.1, 0.15) is 30.9 Å². The number of hydrogen-bond acceptors (Lipinski definition) is 11. The van der Waals surface area contributed by atoms with Crippen molar-refractivity contribution < 1.29 is 32.3 Å². The quantitative estimate of drug-likeness (QED) is 0.325. The van der Waals surface area contributed by atoms with E-state index in [1.54, 1.807) is 24.3 Å². The highest BCUT2D eigenvalue weighted by Gasteiger charge is 2.59. The first-order valence-electron chi connectivity index (χ1n) is 13.0. The van der Waals surface area contributed by atoms with Gasteiger partial charge in [-0.25, -0.2) is 24.4 Å². The van der Waals surface area contributed by atoms with E-state index in [9.17, 15) is 19.2 Å². The number of benzene rings is 1. The smallest absolute Gasteiger partial charge is 0.441 e. The Hall–Kier alpha value is -3.71. The van der Waals surface area contributed by atoms with Crippen LogP contribution in [0.3, 0.4) is 0 Å². The highest BCUT2D eigenvalue weighted by Crippen LogP contribution is 2.62. The molecule has 2 N–H and O–H groups in total. The summed E-state index contributed by atoms with van der Waals surface area (Å²) >= 11 is 0. The third-order valence-corrected chi connectivity index (χ3v) is 9.59. The molecule has 5 rings (SSSR count). The highest BCUT2D eigenvalue weighted by molar-refractivity contribution is 8.40. The van der Waals surface area contributed by atoms with Crippen molar-refractivity contribution in [2.45, 2.75) is 37.9 Å². The lowest BCUT2D eigenvalue weighted by Gasteiger charge is -2.32.